The Morgan fingerprint density at radius 1 is 1.00 bits per heavy atom. The van der Waals surface area contributed by atoms with Crippen LogP contribution in [0.4, 0.5) is 0 Å². The molecule has 0 N–H and O–H groups in total. The second-order valence-corrected chi connectivity index (χ2v) is 4.19. The van der Waals surface area contributed by atoms with Gasteiger partial charge in [0.15, 0.2) is 0 Å². The van der Waals surface area contributed by atoms with E-state index in [2.05, 4.69) is 0 Å². The van der Waals surface area contributed by atoms with Crippen molar-refractivity contribution in [2.45, 2.75) is 0 Å². The van der Waals surface area contributed by atoms with E-state index in [1.165, 1.54) is 0 Å². The predicted molar refractivity (Wildman–Crippen MR) is 37.9 cm³/mol. The minimum atomic E-state index is -0.355. The van der Waals surface area contributed by atoms with Crippen LogP contribution < -0.4 is 0 Å². The fourth-order valence-corrected chi connectivity index (χ4v) is 3.40. The molecule has 0 rings (SSSR count). The molecule has 0 nitrogen and oxygen atoms in total. The Morgan fingerprint density at radius 3 is 1.50 bits per heavy atom. The molecule has 6 heavy (non-hydrogen) atoms. The molecule has 0 bridgehead atoms. The van der Waals surface area contributed by atoms with Crippen molar-refractivity contribution in [2.24, 2.45) is 0 Å². The maximum Gasteiger partial charge on any atom is 0.148 e. The van der Waals surface area contributed by atoms with Gasteiger partial charge >= 0.3 is 0 Å². The van der Waals surface area contributed by atoms with Crippen LogP contribution in [0.3, 0.4) is 0 Å². The summed E-state index contributed by atoms with van der Waals surface area (Å²) in [4.78, 5) is 0. The van der Waals surface area contributed by atoms with E-state index in [1.807, 2.05) is 11.4 Å². The fraction of sp³-hybridized carbons (Fsp3) is 0. The minimum absolute atomic E-state index is 0.355. The molecule has 0 saturated heterocycles. The molecule has 0 aliphatic carbocycles. The zero-order chi connectivity index (χ0) is 4.83. The van der Waals surface area contributed by atoms with E-state index in [0.717, 1.165) is 0 Å². The van der Waals surface area contributed by atoms with Gasteiger partial charge in [-0.15, -0.1) is 0 Å². The molecule has 0 atom stereocenters. The third kappa shape index (κ3) is 4.75. The average molecular weight is 157 g/mol. The van der Waals surface area contributed by atoms with Crippen LogP contribution in [-0.4, -0.2) is 17.7 Å². The summed E-state index contributed by atoms with van der Waals surface area (Å²) >= 11 is 10.8. The van der Waals surface area contributed by atoms with E-state index in [4.69, 9.17) is 22.2 Å². The Kier molecular flexibility index (Phi) is 6.48. The van der Waals surface area contributed by atoms with Gasteiger partial charge in [-0.05, 0) is 0 Å². The van der Waals surface area contributed by atoms with Crippen LogP contribution in [-0.2, 0) is 0 Å². The smallest absolute Gasteiger partial charge is 0.148 e. The summed E-state index contributed by atoms with van der Waals surface area (Å²) in [5, 5.41) is 0. The maximum absolute atomic E-state index is 5.40. The molecular weight excluding hydrogens is 151 g/mol. The van der Waals surface area contributed by atoms with Gasteiger partial charge in [0, 0.05) is 0 Å². The molecule has 0 aromatic carbocycles. The van der Waals surface area contributed by atoms with Crippen molar-refractivity contribution in [3.05, 3.63) is 11.4 Å². The molecular formula is C2H6Cl2Si2. The van der Waals surface area contributed by atoms with Crippen LogP contribution in [0.15, 0.2) is 11.4 Å². The van der Waals surface area contributed by atoms with Gasteiger partial charge in [-0.3, -0.25) is 0 Å². The van der Waals surface area contributed by atoms with Crippen LogP contribution in [0.2, 0.25) is 0 Å². The van der Waals surface area contributed by atoms with Crippen molar-refractivity contribution in [3.8, 4) is 0 Å². The Bertz CT molecular complexity index is 38.8. The maximum atomic E-state index is 5.40. The predicted octanol–water partition coefficient (Wildman–Crippen LogP) is 0.103. The summed E-state index contributed by atoms with van der Waals surface area (Å²) in [6.45, 7) is 0. The molecule has 0 amide bonds. The molecule has 0 spiro atoms. The van der Waals surface area contributed by atoms with E-state index in [-0.39, 0.29) is 17.7 Å². The summed E-state index contributed by atoms with van der Waals surface area (Å²) in [5.74, 6) is 0. The summed E-state index contributed by atoms with van der Waals surface area (Å²) in [6, 6.07) is 0. The second-order valence-electron chi connectivity index (χ2n) is 0.780. The van der Waals surface area contributed by atoms with Gasteiger partial charge in [0.25, 0.3) is 0 Å². The molecule has 0 heterocycles. The number of hydrogen-bond donors (Lipinski definition) is 0. The highest BCUT2D eigenvalue weighted by Crippen LogP contribution is 1.73. The highest BCUT2D eigenvalue weighted by molar-refractivity contribution is 7.00. The van der Waals surface area contributed by atoms with Crippen LogP contribution in [0.1, 0.15) is 0 Å². The first-order valence-corrected chi connectivity index (χ1v) is 7.59. The highest BCUT2D eigenvalue weighted by atomic mass is 35.6. The third-order valence-corrected chi connectivity index (χ3v) is 3.10. The van der Waals surface area contributed by atoms with E-state index in [9.17, 15) is 0 Å². The van der Waals surface area contributed by atoms with Crippen molar-refractivity contribution < 1.29 is 0 Å². The summed E-state index contributed by atoms with van der Waals surface area (Å²) in [7, 11) is -0.710. The lowest BCUT2D eigenvalue weighted by atomic mass is 11.2. The minimum Gasteiger partial charge on any atom is -0.171 e. The molecule has 0 aliphatic heterocycles. The van der Waals surface area contributed by atoms with E-state index >= 15 is 0 Å². The zero-order valence-electron chi connectivity index (χ0n) is 3.32. The van der Waals surface area contributed by atoms with Gasteiger partial charge in [-0.2, -0.15) is 22.2 Å². The van der Waals surface area contributed by atoms with Crippen LogP contribution >= 0.6 is 22.2 Å². The van der Waals surface area contributed by atoms with E-state index < -0.39 is 0 Å². The Balaban J connectivity index is 2.73. The number of halogens is 2. The molecule has 36 valence electrons. The van der Waals surface area contributed by atoms with Gasteiger partial charge in [0.05, 0.1) is 0 Å². The summed E-state index contributed by atoms with van der Waals surface area (Å²) in [5.41, 5.74) is 4.03. The molecule has 0 aliphatic rings. The normalized spacial score (nSPS) is 14.3. The van der Waals surface area contributed by atoms with Crippen LogP contribution in [0.25, 0.3) is 0 Å². The van der Waals surface area contributed by atoms with Crippen molar-refractivity contribution in [3.63, 3.8) is 0 Å². The lowest BCUT2D eigenvalue weighted by molar-refractivity contribution is 2.47. The topological polar surface area (TPSA) is 0 Å². The monoisotopic (exact) mass is 156 g/mol. The first-order valence-electron chi connectivity index (χ1n) is 1.68. The third-order valence-electron chi connectivity index (χ3n) is 0.345. The molecule has 0 unspecified atom stereocenters. The first kappa shape index (κ1) is 6.75. The Labute approximate surface area is 51.6 Å². The molecule has 0 fully saturated rings. The van der Waals surface area contributed by atoms with Crippen LogP contribution in [0.5, 0.6) is 0 Å². The van der Waals surface area contributed by atoms with Gasteiger partial charge in [-0.25, -0.2) is 0 Å². The van der Waals surface area contributed by atoms with E-state index in [0.29, 0.717) is 0 Å². The zero-order valence-corrected chi connectivity index (χ0v) is 7.67. The summed E-state index contributed by atoms with van der Waals surface area (Å²) in [6.07, 6.45) is 0. The van der Waals surface area contributed by atoms with Crippen LogP contribution in [0, 0.1) is 0 Å². The van der Waals surface area contributed by atoms with Gasteiger partial charge in [0.1, 0.15) is 17.7 Å². The van der Waals surface area contributed by atoms with Gasteiger partial charge in [-0.1, -0.05) is 11.4 Å². The molecule has 0 radical (unpaired) electrons. The lowest BCUT2D eigenvalue weighted by Gasteiger charge is -1.67. The first-order chi connectivity index (χ1) is 2.91. The summed E-state index contributed by atoms with van der Waals surface area (Å²) < 4.78 is 0. The second kappa shape index (κ2) is 5.75. The quantitative estimate of drug-likeness (QED) is 0.394. The Morgan fingerprint density at radius 2 is 1.33 bits per heavy atom. The molecule has 0 saturated carbocycles. The number of hydrogen-bond acceptors (Lipinski definition) is 0. The fourth-order valence-electron chi connectivity index (χ4n) is 0.126. The largest absolute Gasteiger partial charge is 0.171 e. The standard InChI is InChI=1S/C2H6Cl2Si2/c3-5-1-2-6-4/h1-2H,5-6H2. The van der Waals surface area contributed by atoms with Crippen molar-refractivity contribution in [2.75, 3.05) is 0 Å². The van der Waals surface area contributed by atoms with Crippen molar-refractivity contribution >= 4 is 39.8 Å². The molecule has 0 aromatic heterocycles. The van der Waals surface area contributed by atoms with E-state index in [1.54, 1.807) is 0 Å². The molecule has 4 heteroatoms. The molecule has 0 aromatic rings. The van der Waals surface area contributed by atoms with Crippen molar-refractivity contribution in [1.82, 2.24) is 0 Å². The van der Waals surface area contributed by atoms with Gasteiger partial charge < -0.3 is 0 Å². The Hall–Kier alpha value is 0.754. The average Bonchev–Trinajstić information content (AvgIpc) is 1.61. The number of rotatable bonds is 2. The SMILES string of the molecule is Cl[SiH2]C=C[SiH2]Cl. The lowest BCUT2D eigenvalue weighted by Crippen LogP contribution is -1.68. The van der Waals surface area contributed by atoms with Crippen molar-refractivity contribution in [1.29, 1.82) is 0 Å². The van der Waals surface area contributed by atoms with Gasteiger partial charge in [0.2, 0.25) is 0 Å². The highest BCUT2D eigenvalue weighted by Gasteiger charge is 1.66.